The van der Waals surface area contributed by atoms with E-state index in [0.29, 0.717) is 5.02 Å². The first kappa shape index (κ1) is 16.3. The van der Waals surface area contributed by atoms with E-state index in [4.69, 9.17) is 21.1 Å². The molecule has 116 valence electrons. The number of esters is 2. The van der Waals surface area contributed by atoms with Crippen molar-refractivity contribution in [3.63, 3.8) is 0 Å². The Labute approximate surface area is 134 Å². The summed E-state index contributed by atoms with van der Waals surface area (Å²) in [6.07, 6.45) is 2.30. The summed E-state index contributed by atoms with van der Waals surface area (Å²) in [4.78, 5) is 24.2. The van der Waals surface area contributed by atoms with Gasteiger partial charge in [-0.05, 0) is 41.7 Å². The number of benzene rings is 1. The van der Waals surface area contributed by atoms with Gasteiger partial charge in [0.15, 0.2) is 5.41 Å². The first-order valence-corrected chi connectivity index (χ1v) is 7.13. The summed E-state index contributed by atoms with van der Waals surface area (Å²) in [6.45, 7) is 4.06. The predicted octanol–water partition coefficient (Wildman–Crippen LogP) is 3.41. The SMILES string of the molecule is C=C(C1=CCC(C(=O)OC)(C(=O)OC)C1)c1ccc(Cl)cc1. The lowest BCUT2D eigenvalue weighted by molar-refractivity contribution is -0.168. The Morgan fingerprint density at radius 1 is 1.14 bits per heavy atom. The van der Waals surface area contributed by atoms with Gasteiger partial charge in [-0.1, -0.05) is 36.4 Å². The molecule has 0 heterocycles. The zero-order chi connectivity index (χ0) is 16.3. The van der Waals surface area contributed by atoms with Crippen LogP contribution in [0.15, 0.2) is 42.5 Å². The minimum absolute atomic E-state index is 0.216. The highest BCUT2D eigenvalue weighted by molar-refractivity contribution is 6.30. The van der Waals surface area contributed by atoms with E-state index in [2.05, 4.69) is 6.58 Å². The molecular weight excluding hydrogens is 304 g/mol. The van der Waals surface area contributed by atoms with E-state index in [1.807, 2.05) is 18.2 Å². The summed E-state index contributed by atoms with van der Waals surface area (Å²) in [5.41, 5.74) is 1.17. The Morgan fingerprint density at radius 2 is 1.68 bits per heavy atom. The van der Waals surface area contributed by atoms with E-state index in [0.717, 1.165) is 16.7 Å². The number of allylic oxidation sites excluding steroid dienone is 3. The Bertz CT molecular complexity index is 627. The molecule has 0 aliphatic heterocycles. The number of halogens is 1. The fourth-order valence-electron chi connectivity index (χ4n) is 2.62. The lowest BCUT2D eigenvalue weighted by Crippen LogP contribution is -2.39. The van der Waals surface area contributed by atoms with Crippen LogP contribution in [0.4, 0.5) is 0 Å². The van der Waals surface area contributed by atoms with E-state index in [1.54, 1.807) is 12.1 Å². The maximum absolute atomic E-state index is 12.1. The van der Waals surface area contributed by atoms with Crippen LogP contribution in [0.5, 0.6) is 0 Å². The highest BCUT2D eigenvalue weighted by atomic mass is 35.5. The largest absolute Gasteiger partial charge is 0.468 e. The quantitative estimate of drug-likeness (QED) is 0.630. The highest BCUT2D eigenvalue weighted by Gasteiger charge is 2.51. The zero-order valence-electron chi connectivity index (χ0n) is 12.5. The van der Waals surface area contributed by atoms with Gasteiger partial charge in [0.25, 0.3) is 0 Å². The Morgan fingerprint density at radius 3 is 2.18 bits per heavy atom. The molecule has 0 atom stereocenters. The van der Waals surface area contributed by atoms with Crippen LogP contribution in [0.25, 0.3) is 5.57 Å². The Hall–Kier alpha value is -2.07. The van der Waals surface area contributed by atoms with Gasteiger partial charge in [-0.3, -0.25) is 9.59 Å². The Kier molecular flexibility index (Phi) is 4.71. The van der Waals surface area contributed by atoms with Gasteiger partial charge in [0.1, 0.15) is 0 Å². The lowest BCUT2D eigenvalue weighted by atomic mass is 9.83. The highest BCUT2D eigenvalue weighted by Crippen LogP contribution is 2.44. The normalized spacial score (nSPS) is 15.9. The van der Waals surface area contributed by atoms with Crippen LogP contribution in [-0.4, -0.2) is 26.2 Å². The number of carbonyl (C=O) groups is 2. The Balaban J connectivity index is 2.25. The van der Waals surface area contributed by atoms with Crippen LogP contribution in [0.1, 0.15) is 18.4 Å². The molecule has 1 aliphatic carbocycles. The predicted molar refractivity (Wildman–Crippen MR) is 84.3 cm³/mol. The van der Waals surface area contributed by atoms with E-state index < -0.39 is 17.4 Å². The number of hydrogen-bond donors (Lipinski definition) is 0. The molecule has 0 aromatic heterocycles. The minimum atomic E-state index is -1.31. The zero-order valence-corrected chi connectivity index (χ0v) is 13.3. The maximum Gasteiger partial charge on any atom is 0.323 e. The molecule has 0 fully saturated rings. The second-order valence-corrected chi connectivity index (χ2v) is 5.60. The first-order valence-electron chi connectivity index (χ1n) is 6.75. The summed E-state index contributed by atoms with van der Waals surface area (Å²) in [5.74, 6) is -1.18. The molecule has 0 N–H and O–H groups in total. The average Bonchev–Trinajstić information content (AvgIpc) is 2.99. The summed E-state index contributed by atoms with van der Waals surface area (Å²) in [6, 6.07) is 7.24. The van der Waals surface area contributed by atoms with Crippen molar-refractivity contribution in [1.29, 1.82) is 0 Å². The third-order valence-electron chi connectivity index (χ3n) is 3.92. The van der Waals surface area contributed by atoms with Gasteiger partial charge in [-0.2, -0.15) is 0 Å². The average molecular weight is 321 g/mol. The molecule has 0 unspecified atom stereocenters. The third-order valence-corrected chi connectivity index (χ3v) is 4.17. The number of carbonyl (C=O) groups excluding carboxylic acids is 2. The molecule has 0 radical (unpaired) electrons. The van der Waals surface area contributed by atoms with Gasteiger partial charge < -0.3 is 9.47 Å². The maximum atomic E-state index is 12.1. The summed E-state index contributed by atoms with van der Waals surface area (Å²) in [5, 5.41) is 0.635. The van der Waals surface area contributed by atoms with Crippen molar-refractivity contribution in [2.24, 2.45) is 5.41 Å². The second kappa shape index (κ2) is 6.36. The van der Waals surface area contributed by atoms with E-state index in [9.17, 15) is 9.59 Å². The fourth-order valence-corrected chi connectivity index (χ4v) is 2.74. The molecule has 0 bridgehead atoms. The molecular formula is C17H17ClO4. The van der Waals surface area contributed by atoms with Crippen molar-refractivity contribution >= 4 is 29.1 Å². The van der Waals surface area contributed by atoms with Crippen molar-refractivity contribution in [3.8, 4) is 0 Å². The molecule has 1 aliphatic rings. The van der Waals surface area contributed by atoms with Crippen LogP contribution in [0.3, 0.4) is 0 Å². The van der Waals surface area contributed by atoms with Crippen LogP contribution in [0.2, 0.25) is 5.02 Å². The third kappa shape index (κ3) is 2.79. The molecule has 0 saturated heterocycles. The summed E-state index contributed by atoms with van der Waals surface area (Å²) in [7, 11) is 2.53. The minimum Gasteiger partial charge on any atom is -0.468 e. The summed E-state index contributed by atoms with van der Waals surface area (Å²) < 4.78 is 9.58. The van der Waals surface area contributed by atoms with Crippen molar-refractivity contribution in [1.82, 2.24) is 0 Å². The molecule has 1 aromatic rings. The van der Waals surface area contributed by atoms with Gasteiger partial charge in [-0.25, -0.2) is 0 Å². The van der Waals surface area contributed by atoms with Gasteiger partial charge in [0.2, 0.25) is 0 Å². The molecule has 5 heteroatoms. The van der Waals surface area contributed by atoms with Crippen molar-refractivity contribution in [2.45, 2.75) is 12.8 Å². The van der Waals surface area contributed by atoms with E-state index in [-0.39, 0.29) is 12.8 Å². The number of rotatable bonds is 4. The summed E-state index contributed by atoms with van der Waals surface area (Å²) >= 11 is 5.88. The van der Waals surface area contributed by atoms with Crippen molar-refractivity contribution in [3.05, 3.63) is 53.1 Å². The molecule has 1 aromatic carbocycles. The monoisotopic (exact) mass is 320 g/mol. The van der Waals surface area contributed by atoms with Gasteiger partial charge in [0.05, 0.1) is 14.2 Å². The molecule has 0 spiro atoms. The van der Waals surface area contributed by atoms with Crippen LogP contribution in [0, 0.1) is 5.41 Å². The molecule has 2 rings (SSSR count). The van der Waals surface area contributed by atoms with Crippen molar-refractivity contribution in [2.75, 3.05) is 14.2 Å². The molecule has 0 amide bonds. The standard InChI is InChI=1S/C17H17ClO4/c1-11(12-4-6-14(18)7-5-12)13-8-9-17(10-13,15(19)21-2)16(20)22-3/h4-8H,1,9-10H2,2-3H3. The molecule has 0 saturated carbocycles. The smallest absolute Gasteiger partial charge is 0.323 e. The van der Waals surface area contributed by atoms with Crippen LogP contribution < -0.4 is 0 Å². The van der Waals surface area contributed by atoms with Crippen LogP contribution >= 0.6 is 11.6 Å². The second-order valence-electron chi connectivity index (χ2n) is 5.16. The number of methoxy groups -OCH3 is 2. The number of ether oxygens (including phenoxy) is 2. The van der Waals surface area contributed by atoms with Gasteiger partial charge >= 0.3 is 11.9 Å². The number of hydrogen-bond acceptors (Lipinski definition) is 4. The van der Waals surface area contributed by atoms with Gasteiger partial charge in [-0.15, -0.1) is 0 Å². The van der Waals surface area contributed by atoms with E-state index >= 15 is 0 Å². The molecule has 4 nitrogen and oxygen atoms in total. The van der Waals surface area contributed by atoms with Crippen molar-refractivity contribution < 1.29 is 19.1 Å². The lowest BCUT2D eigenvalue weighted by Gasteiger charge is -2.23. The first-order chi connectivity index (χ1) is 10.4. The van der Waals surface area contributed by atoms with Gasteiger partial charge in [0, 0.05) is 5.02 Å². The fraction of sp³-hybridized carbons (Fsp3) is 0.294. The van der Waals surface area contributed by atoms with E-state index in [1.165, 1.54) is 14.2 Å². The topological polar surface area (TPSA) is 52.6 Å². The van der Waals surface area contributed by atoms with Crippen LogP contribution in [-0.2, 0) is 19.1 Å². The molecule has 22 heavy (non-hydrogen) atoms.